The molecule has 0 bridgehead atoms. The van der Waals surface area contributed by atoms with E-state index in [0.29, 0.717) is 43.4 Å². The molecule has 3 atom stereocenters. The number of carboxylic acid groups (broad SMARTS) is 1. The van der Waals surface area contributed by atoms with Gasteiger partial charge in [0.25, 0.3) is 0 Å². The molecule has 1 N–H and O–H groups in total. The van der Waals surface area contributed by atoms with E-state index in [0.717, 1.165) is 43.4 Å². The number of halogens is 3. The summed E-state index contributed by atoms with van der Waals surface area (Å²) in [5.74, 6) is -0.763. The molecule has 2 aromatic carbocycles. The molecule has 2 unspecified atom stereocenters. The second-order valence-corrected chi connectivity index (χ2v) is 10.5. The highest BCUT2D eigenvalue weighted by atomic mass is 19.1. The van der Waals surface area contributed by atoms with E-state index in [9.17, 15) is 18.7 Å². The number of carboxylic acids is 1. The number of hydrogen-bond acceptors (Lipinski definition) is 4. The standard InChI is InChI=1S/C31H37F3N2O3/c1-39-23-10-12-30-26(19-23)24(14-16-35-30)29(34)11-8-21-15-18-36(20-22(21)9-13-31(37)38)17-3-2-5-25-27(32)6-4-7-28(25)33/h4,6-7,10,12,14,16,19,21-22,29H,2-3,5,8-9,11,13,15,17-18,20H2,1H3,(H,37,38)/t21?,22?,29-/m0/s1. The molecular weight excluding hydrogens is 505 g/mol. The van der Waals surface area contributed by atoms with Gasteiger partial charge in [0.15, 0.2) is 0 Å². The number of rotatable bonds is 13. The highest BCUT2D eigenvalue weighted by molar-refractivity contribution is 5.83. The van der Waals surface area contributed by atoms with Crippen LogP contribution in [-0.2, 0) is 11.2 Å². The maximum Gasteiger partial charge on any atom is 0.303 e. The Hall–Kier alpha value is -3.13. The van der Waals surface area contributed by atoms with Gasteiger partial charge in [0, 0.05) is 30.1 Å². The second kappa shape index (κ2) is 13.8. The van der Waals surface area contributed by atoms with Gasteiger partial charge in [-0.2, -0.15) is 0 Å². The summed E-state index contributed by atoms with van der Waals surface area (Å²) in [6.45, 7) is 2.41. The number of hydrogen-bond donors (Lipinski definition) is 1. The molecule has 0 radical (unpaired) electrons. The van der Waals surface area contributed by atoms with E-state index in [1.165, 1.54) is 18.2 Å². The Labute approximate surface area is 228 Å². The molecule has 1 saturated heterocycles. The lowest BCUT2D eigenvalue weighted by molar-refractivity contribution is -0.137. The number of likely N-dealkylation sites (tertiary alicyclic amines) is 1. The van der Waals surface area contributed by atoms with Crippen LogP contribution in [0.5, 0.6) is 5.75 Å². The van der Waals surface area contributed by atoms with E-state index < -0.39 is 23.8 Å². The second-order valence-electron chi connectivity index (χ2n) is 10.5. The Morgan fingerprint density at radius 3 is 2.67 bits per heavy atom. The topological polar surface area (TPSA) is 62.7 Å². The van der Waals surface area contributed by atoms with Crippen molar-refractivity contribution in [2.75, 3.05) is 26.7 Å². The molecule has 5 nitrogen and oxygen atoms in total. The van der Waals surface area contributed by atoms with Crippen LogP contribution < -0.4 is 4.74 Å². The van der Waals surface area contributed by atoms with Gasteiger partial charge in [0.2, 0.25) is 0 Å². The van der Waals surface area contributed by atoms with E-state index in [1.807, 2.05) is 18.2 Å². The van der Waals surface area contributed by atoms with Crippen LogP contribution in [0.25, 0.3) is 10.9 Å². The molecule has 0 spiro atoms. The van der Waals surface area contributed by atoms with Crippen LogP contribution in [-0.4, -0.2) is 47.7 Å². The maximum absolute atomic E-state index is 15.5. The highest BCUT2D eigenvalue weighted by Gasteiger charge is 2.30. The van der Waals surface area contributed by atoms with Gasteiger partial charge in [0.1, 0.15) is 23.6 Å². The molecule has 210 valence electrons. The molecule has 1 aromatic heterocycles. The zero-order valence-electron chi connectivity index (χ0n) is 22.4. The van der Waals surface area contributed by atoms with Crippen molar-refractivity contribution >= 4 is 16.9 Å². The monoisotopic (exact) mass is 542 g/mol. The number of carbonyl (C=O) groups is 1. The number of nitrogens with zero attached hydrogens (tertiary/aromatic N) is 2. The number of aromatic nitrogens is 1. The summed E-state index contributed by atoms with van der Waals surface area (Å²) in [5.41, 5.74) is 1.46. The quantitative estimate of drug-likeness (QED) is 0.233. The van der Waals surface area contributed by atoms with Gasteiger partial charge in [-0.3, -0.25) is 9.78 Å². The fraction of sp³-hybridized carbons (Fsp3) is 0.484. The van der Waals surface area contributed by atoms with Crippen molar-refractivity contribution in [3.63, 3.8) is 0 Å². The van der Waals surface area contributed by atoms with Crippen molar-refractivity contribution in [1.29, 1.82) is 0 Å². The Kier molecular flexibility index (Phi) is 10.2. The molecule has 4 rings (SSSR count). The van der Waals surface area contributed by atoms with Crippen molar-refractivity contribution in [2.45, 2.75) is 57.5 Å². The third kappa shape index (κ3) is 7.72. The number of ether oxygens (including phenoxy) is 1. The van der Waals surface area contributed by atoms with Crippen molar-refractivity contribution in [3.05, 3.63) is 71.4 Å². The Balaban J connectivity index is 1.32. The molecule has 0 amide bonds. The molecule has 1 fully saturated rings. The first-order valence-corrected chi connectivity index (χ1v) is 13.8. The van der Waals surface area contributed by atoms with Crippen molar-refractivity contribution in [3.8, 4) is 5.75 Å². The van der Waals surface area contributed by atoms with Crippen LogP contribution in [0.2, 0.25) is 0 Å². The lowest BCUT2D eigenvalue weighted by Crippen LogP contribution is -2.41. The molecule has 0 saturated carbocycles. The summed E-state index contributed by atoms with van der Waals surface area (Å²) in [7, 11) is 1.58. The highest BCUT2D eigenvalue weighted by Crippen LogP contribution is 2.36. The minimum atomic E-state index is -1.15. The first kappa shape index (κ1) is 28.9. The van der Waals surface area contributed by atoms with Gasteiger partial charge in [-0.25, -0.2) is 13.2 Å². The van der Waals surface area contributed by atoms with Gasteiger partial charge in [-0.05, 0) is 112 Å². The molecule has 8 heteroatoms. The van der Waals surface area contributed by atoms with Crippen molar-refractivity contribution < 1.29 is 27.8 Å². The van der Waals surface area contributed by atoms with E-state index in [2.05, 4.69) is 9.88 Å². The van der Waals surface area contributed by atoms with Crippen LogP contribution in [0.4, 0.5) is 13.2 Å². The molecule has 2 heterocycles. The summed E-state index contributed by atoms with van der Waals surface area (Å²) in [6, 6.07) is 11.1. The van der Waals surface area contributed by atoms with Crippen LogP contribution in [0.15, 0.2) is 48.7 Å². The average Bonchev–Trinajstić information content (AvgIpc) is 2.93. The zero-order valence-corrected chi connectivity index (χ0v) is 22.4. The van der Waals surface area contributed by atoms with Gasteiger partial charge >= 0.3 is 5.97 Å². The fourth-order valence-corrected chi connectivity index (χ4v) is 5.85. The zero-order chi connectivity index (χ0) is 27.8. The van der Waals surface area contributed by atoms with Crippen LogP contribution >= 0.6 is 0 Å². The van der Waals surface area contributed by atoms with Crippen LogP contribution in [0, 0.1) is 23.5 Å². The predicted molar refractivity (Wildman–Crippen MR) is 146 cm³/mol. The van der Waals surface area contributed by atoms with Crippen LogP contribution in [0.1, 0.15) is 62.2 Å². The number of methoxy groups -OCH3 is 1. The number of pyridine rings is 1. The third-order valence-electron chi connectivity index (χ3n) is 8.03. The minimum Gasteiger partial charge on any atom is -0.497 e. The molecule has 39 heavy (non-hydrogen) atoms. The summed E-state index contributed by atoms with van der Waals surface area (Å²) >= 11 is 0. The molecule has 1 aliphatic heterocycles. The largest absolute Gasteiger partial charge is 0.497 e. The van der Waals surface area contributed by atoms with Gasteiger partial charge < -0.3 is 14.7 Å². The van der Waals surface area contributed by atoms with Crippen molar-refractivity contribution in [1.82, 2.24) is 9.88 Å². The SMILES string of the molecule is COc1ccc2nccc([C@@H](F)CCC3CCN(CCCCc4c(F)cccc4F)CC3CCC(=O)O)c2c1. The normalized spacial score (nSPS) is 18.8. The summed E-state index contributed by atoms with van der Waals surface area (Å²) in [6.07, 6.45) is 4.87. The summed E-state index contributed by atoms with van der Waals surface area (Å²) < 4.78 is 48.6. The van der Waals surface area contributed by atoms with Crippen molar-refractivity contribution in [2.24, 2.45) is 11.8 Å². The Morgan fingerprint density at radius 2 is 1.92 bits per heavy atom. The number of fused-ring (bicyclic) bond motifs is 1. The number of piperidine rings is 1. The lowest BCUT2D eigenvalue weighted by atomic mass is 9.79. The predicted octanol–water partition coefficient (Wildman–Crippen LogP) is 7.14. The third-order valence-corrected chi connectivity index (χ3v) is 8.03. The molecule has 0 aliphatic carbocycles. The molecule has 3 aromatic rings. The number of alkyl halides is 1. The average molecular weight is 543 g/mol. The molecule has 1 aliphatic rings. The van der Waals surface area contributed by atoms with E-state index in [1.54, 1.807) is 19.4 Å². The van der Waals surface area contributed by atoms with E-state index in [-0.39, 0.29) is 23.8 Å². The van der Waals surface area contributed by atoms with Gasteiger partial charge in [0.05, 0.1) is 12.6 Å². The van der Waals surface area contributed by atoms with E-state index in [4.69, 9.17) is 4.74 Å². The first-order valence-electron chi connectivity index (χ1n) is 13.8. The Morgan fingerprint density at radius 1 is 1.13 bits per heavy atom. The smallest absolute Gasteiger partial charge is 0.303 e. The number of unbranched alkanes of at least 4 members (excludes halogenated alkanes) is 1. The number of aliphatic carboxylic acids is 1. The Bertz CT molecular complexity index is 1230. The first-order chi connectivity index (χ1) is 18.9. The number of benzene rings is 2. The fourth-order valence-electron chi connectivity index (χ4n) is 5.85. The maximum atomic E-state index is 15.5. The van der Waals surface area contributed by atoms with Gasteiger partial charge in [-0.15, -0.1) is 0 Å². The molecular formula is C31H37F3N2O3. The van der Waals surface area contributed by atoms with E-state index >= 15 is 4.39 Å². The van der Waals surface area contributed by atoms with Gasteiger partial charge in [-0.1, -0.05) is 6.07 Å². The summed E-state index contributed by atoms with van der Waals surface area (Å²) in [4.78, 5) is 18.0. The minimum absolute atomic E-state index is 0.0927. The van der Waals surface area contributed by atoms with Crippen LogP contribution in [0.3, 0.4) is 0 Å². The summed E-state index contributed by atoms with van der Waals surface area (Å²) in [5, 5.41) is 10.0. The lowest BCUT2D eigenvalue weighted by Gasteiger charge is -2.39.